The summed E-state index contributed by atoms with van der Waals surface area (Å²) in [6.45, 7) is 0. The summed E-state index contributed by atoms with van der Waals surface area (Å²) in [4.78, 5) is 4.53. The quantitative estimate of drug-likeness (QED) is 0.756. The van der Waals surface area contributed by atoms with Gasteiger partial charge in [0.1, 0.15) is 11.5 Å². The smallest absolute Gasteiger partial charge is 0.188 e. The van der Waals surface area contributed by atoms with Crippen LogP contribution in [0.2, 0.25) is 5.02 Å². The van der Waals surface area contributed by atoms with Crippen LogP contribution in [0.25, 0.3) is 10.2 Å². The molecule has 2 aromatic carbocycles. The lowest BCUT2D eigenvalue weighted by atomic mass is 10.2. The second kappa shape index (κ2) is 5.79. The first-order valence-electron chi connectivity index (χ1n) is 6.25. The van der Waals surface area contributed by atoms with Crippen LogP contribution in [-0.2, 0) is 0 Å². The summed E-state index contributed by atoms with van der Waals surface area (Å²) in [5, 5.41) is 4.72. The van der Waals surface area contributed by atoms with Gasteiger partial charge in [-0.2, -0.15) is 0 Å². The summed E-state index contributed by atoms with van der Waals surface area (Å²) in [7, 11) is 3.26. The molecular formula is C15H13ClN2O2S. The minimum Gasteiger partial charge on any atom is -0.497 e. The maximum absolute atomic E-state index is 6.18. The molecule has 1 aromatic heterocycles. The van der Waals surface area contributed by atoms with Crippen LogP contribution in [0.3, 0.4) is 0 Å². The number of nitrogens with zero attached hydrogens (tertiary/aromatic N) is 1. The third-order valence-electron chi connectivity index (χ3n) is 3.02. The number of ether oxygens (including phenoxy) is 2. The number of rotatable bonds is 4. The number of thiazole rings is 1. The fraction of sp³-hybridized carbons (Fsp3) is 0.133. The second-order valence-electron chi connectivity index (χ2n) is 4.30. The van der Waals surface area contributed by atoms with E-state index in [-0.39, 0.29) is 0 Å². The minimum atomic E-state index is 0.704. The number of anilines is 2. The molecule has 0 fully saturated rings. The molecule has 4 nitrogen and oxygen atoms in total. The molecule has 1 N–H and O–H groups in total. The molecule has 0 aliphatic heterocycles. The van der Waals surface area contributed by atoms with Crippen LogP contribution in [0.1, 0.15) is 0 Å². The van der Waals surface area contributed by atoms with E-state index >= 15 is 0 Å². The number of aromatic nitrogens is 1. The van der Waals surface area contributed by atoms with Gasteiger partial charge in [-0.1, -0.05) is 29.0 Å². The predicted molar refractivity (Wildman–Crippen MR) is 87.5 cm³/mol. The Balaban J connectivity index is 1.99. The molecule has 0 aliphatic rings. The molecule has 108 valence electrons. The van der Waals surface area contributed by atoms with Gasteiger partial charge in [-0.15, -0.1) is 0 Å². The standard InChI is InChI=1S/C15H13ClN2O2S/c1-19-9-6-7-13(20-2)12(8-9)18-15-17-11-5-3-4-10(16)14(11)21-15/h3-8H,1-2H3,(H,17,18). The molecule has 0 bridgehead atoms. The minimum absolute atomic E-state index is 0.704. The van der Waals surface area contributed by atoms with Gasteiger partial charge in [0.05, 0.1) is 35.1 Å². The Morgan fingerprint density at radius 1 is 1.14 bits per heavy atom. The zero-order chi connectivity index (χ0) is 14.8. The molecule has 6 heteroatoms. The van der Waals surface area contributed by atoms with Crippen molar-refractivity contribution >= 4 is 44.0 Å². The first-order valence-corrected chi connectivity index (χ1v) is 7.45. The van der Waals surface area contributed by atoms with E-state index < -0.39 is 0 Å². The number of methoxy groups -OCH3 is 2. The van der Waals surface area contributed by atoms with Gasteiger partial charge in [0.25, 0.3) is 0 Å². The Bertz CT molecular complexity index is 788. The van der Waals surface area contributed by atoms with Gasteiger partial charge in [0.15, 0.2) is 5.13 Å². The molecule has 0 atom stereocenters. The Hall–Kier alpha value is -1.98. The highest BCUT2D eigenvalue weighted by Crippen LogP contribution is 2.36. The van der Waals surface area contributed by atoms with Gasteiger partial charge in [0.2, 0.25) is 0 Å². The number of benzene rings is 2. The van der Waals surface area contributed by atoms with Gasteiger partial charge in [-0.3, -0.25) is 0 Å². The van der Waals surface area contributed by atoms with Crippen LogP contribution in [0.15, 0.2) is 36.4 Å². The average molecular weight is 321 g/mol. The monoisotopic (exact) mass is 320 g/mol. The van der Waals surface area contributed by atoms with Crippen LogP contribution >= 0.6 is 22.9 Å². The van der Waals surface area contributed by atoms with Crippen molar-refractivity contribution in [1.82, 2.24) is 4.98 Å². The zero-order valence-corrected chi connectivity index (χ0v) is 13.1. The third kappa shape index (κ3) is 2.75. The van der Waals surface area contributed by atoms with Crippen molar-refractivity contribution in [3.63, 3.8) is 0 Å². The predicted octanol–water partition coefficient (Wildman–Crippen LogP) is 4.71. The van der Waals surface area contributed by atoms with Gasteiger partial charge in [-0.05, 0) is 24.3 Å². The number of nitrogens with one attached hydrogen (secondary N) is 1. The van der Waals surface area contributed by atoms with Crippen LogP contribution in [0, 0.1) is 0 Å². The number of halogens is 1. The highest BCUT2D eigenvalue weighted by Gasteiger charge is 2.10. The molecule has 0 radical (unpaired) electrons. The van der Waals surface area contributed by atoms with Crippen LogP contribution < -0.4 is 14.8 Å². The van der Waals surface area contributed by atoms with Crippen molar-refractivity contribution in [2.24, 2.45) is 0 Å². The van der Waals surface area contributed by atoms with E-state index in [1.807, 2.05) is 36.4 Å². The average Bonchev–Trinajstić information content (AvgIpc) is 2.91. The van der Waals surface area contributed by atoms with E-state index in [1.165, 1.54) is 11.3 Å². The molecule has 0 unspecified atom stereocenters. The summed E-state index contributed by atoms with van der Waals surface area (Å²) in [5.74, 6) is 1.47. The lowest BCUT2D eigenvalue weighted by molar-refractivity contribution is 0.405. The van der Waals surface area contributed by atoms with Crippen molar-refractivity contribution in [2.45, 2.75) is 0 Å². The van der Waals surface area contributed by atoms with Crippen molar-refractivity contribution in [3.05, 3.63) is 41.4 Å². The number of hydrogen-bond acceptors (Lipinski definition) is 5. The molecule has 21 heavy (non-hydrogen) atoms. The van der Waals surface area contributed by atoms with Gasteiger partial charge in [-0.25, -0.2) is 4.98 Å². The van der Waals surface area contributed by atoms with Crippen molar-refractivity contribution in [1.29, 1.82) is 0 Å². The Labute approximate surface area is 131 Å². The van der Waals surface area contributed by atoms with Gasteiger partial charge >= 0.3 is 0 Å². The largest absolute Gasteiger partial charge is 0.497 e. The molecule has 1 heterocycles. The van der Waals surface area contributed by atoms with Gasteiger partial charge < -0.3 is 14.8 Å². The summed E-state index contributed by atoms with van der Waals surface area (Å²) >= 11 is 7.68. The van der Waals surface area contributed by atoms with Crippen molar-refractivity contribution in [2.75, 3.05) is 19.5 Å². The van der Waals surface area contributed by atoms with Crippen LogP contribution in [0.5, 0.6) is 11.5 Å². The fourth-order valence-electron chi connectivity index (χ4n) is 2.00. The third-order valence-corrected chi connectivity index (χ3v) is 4.46. The summed E-state index contributed by atoms with van der Waals surface area (Å²) in [6, 6.07) is 11.2. The summed E-state index contributed by atoms with van der Waals surface area (Å²) in [6.07, 6.45) is 0. The molecule has 0 amide bonds. The maximum atomic E-state index is 6.18. The van der Waals surface area contributed by atoms with Crippen molar-refractivity contribution in [3.8, 4) is 11.5 Å². The number of hydrogen-bond donors (Lipinski definition) is 1. The first kappa shape index (κ1) is 14.0. The van der Waals surface area contributed by atoms with Crippen molar-refractivity contribution < 1.29 is 9.47 Å². The molecule has 0 spiro atoms. The maximum Gasteiger partial charge on any atom is 0.188 e. The lowest BCUT2D eigenvalue weighted by Crippen LogP contribution is -1.95. The van der Waals surface area contributed by atoms with Crippen LogP contribution in [0.4, 0.5) is 10.8 Å². The van der Waals surface area contributed by atoms with E-state index in [0.717, 1.165) is 32.5 Å². The number of fused-ring (bicyclic) bond motifs is 1. The topological polar surface area (TPSA) is 43.4 Å². The Morgan fingerprint density at radius 3 is 2.71 bits per heavy atom. The van der Waals surface area contributed by atoms with E-state index in [0.29, 0.717) is 5.02 Å². The lowest BCUT2D eigenvalue weighted by Gasteiger charge is -2.10. The van der Waals surface area contributed by atoms with E-state index in [4.69, 9.17) is 21.1 Å². The molecule has 0 saturated heterocycles. The van der Waals surface area contributed by atoms with Gasteiger partial charge in [0, 0.05) is 6.07 Å². The Kier molecular flexibility index (Phi) is 3.86. The SMILES string of the molecule is COc1ccc(OC)c(Nc2nc3cccc(Cl)c3s2)c1. The summed E-state index contributed by atoms with van der Waals surface area (Å²) < 4.78 is 11.5. The first-order chi connectivity index (χ1) is 10.2. The fourth-order valence-corrected chi connectivity index (χ4v) is 3.16. The molecule has 3 aromatic rings. The summed E-state index contributed by atoms with van der Waals surface area (Å²) in [5.41, 5.74) is 1.67. The highest BCUT2D eigenvalue weighted by molar-refractivity contribution is 7.22. The molecule has 0 aliphatic carbocycles. The molecule has 3 rings (SSSR count). The molecule has 0 saturated carbocycles. The molecular weight excluding hydrogens is 308 g/mol. The van der Waals surface area contributed by atoms with E-state index in [9.17, 15) is 0 Å². The zero-order valence-electron chi connectivity index (χ0n) is 11.5. The normalized spacial score (nSPS) is 10.6. The second-order valence-corrected chi connectivity index (χ2v) is 5.70. The van der Waals surface area contributed by atoms with E-state index in [1.54, 1.807) is 14.2 Å². The Morgan fingerprint density at radius 2 is 2.00 bits per heavy atom. The van der Waals surface area contributed by atoms with Crippen LogP contribution in [-0.4, -0.2) is 19.2 Å². The van der Waals surface area contributed by atoms with E-state index in [2.05, 4.69) is 10.3 Å². The highest BCUT2D eigenvalue weighted by atomic mass is 35.5.